The van der Waals surface area contributed by atoms with Gasteiger partial charge in [0.2, 0.25) is 5.95 Å². The van der Waals surface area contributed by atoms with Gasteiger partial charge in [0.1, 0.15) is 0 Å². The first kappa shape index (κ1) is 10.5. The number of hydrogen-bond acceptors (Lipinski definition) is 3. The molecule has 1 aromatic rings. The Hall–Kier alpha value is -1.03. The van der Waals surface area contributed by atoms with Crippen molar-refractivity contribution >= 4 is 5.95 Å². The van der Waals surface area contributed by atoms with Gasteiger partial charge < -0.3 is 14.8 Å². The molecule has 1 saturated heterocycles. The first-order valence-corrected chi connectivity index (χ1v) is 5.77. The molecule has 0 saturated carbocycles. The molecule has 2 heterocycles. The Bertz CT molecular complexity index is 305. The molecule has 0 aromatic carbocycles. The maximum atomic E-state index is 4.40. The third-order valence-electron chi connectivity index (χ3n) is 2.99. The van der Waals surface area contributed by atoms with Crippen molar-refractivity contribution in [2.24, 2.45) is 7.05 Å². The Morgan fingerprint density at radius 3 is 3.13 bits per heavy atom. The van der Waals surface area contributed by atoms with Crippen LogP contribution in [0.25, 0.3) is 0 Å². The molecule has 1 unspecified atom stereocenters. The first-order chi connectivity index (χ1) is 7.31. The molecule has 1 N–H and O–H groups in total. The summed E-state index contributed by atoms with van der Waals surface area (Å²) in [6.45, 7) is 5.43. The van der Waals surface area contributed by atoms with Crippen molar-refractivity contribution < 1.29 is 0 Å². The highest BCUT2D eigenvalue weighted by Gasteiger charge is 2.21. The van der Waals surface area contributed by atoms with Gasteiger partial charge in [-0.25, -0.2) is 4.98 Å². The van der Waals surface area contributed by atoms with Gasteiger partial charge in [-0.15, -0.1) is 0 Å². The molecule has 1 aliphatic rings. The van der Waals surface area contributed by atoms with Crippen LogP contribution in [0.4, 0.5) is 5.95 Å². The monoisotopic (exact) mass is 208 g/mol. The zero-order chi connectivity index (χ0) is 10.7. The van der Waals surface area contributed by atoms with Gasteiger partial charge in [0, 0.05) is 38.6 Å². The molecular weight excluding hydrogens is 188 g/mol. The highest BCUT2D eigenvalue weighted by Crippen LogP contribution is 2.17. The van der Waals surface area contributed by atoms with Gasteiger partial charge in [0.05, 0.1) is 0 Å². The van der Waals surface area contributed by atoms with Gasteiger partial charge in [0.15, 0.2) is 0 Å². The minimum absolute atomic E-state index is 0.625. The molecule has 1 fully saturated rings. The number of piperidine rings is 1. The number of rotatable bonds is 3. The number of hydrogen-bond donors (Lipinski definition) is 1. The second kappa shape index (κ2) is 4.66. The number of nitrogens with one attached hydrogen (secondary N) is 1. The first-order valence-electron chi connectivity index (χ1n) is 5.77. The zero-order valence-electron chi connectivity index (χ0n) is 9.61. The molecule has 0 amide bonds. The van der Waals surface area contributed by atoms with Crippen molar-refractivity contribution in [3.05, 3.63) is 12.4 Å². The number of likely N-dealkylation sites (N-methyl/N-ethyl adjacent to an activating group) is 1. The fraction of sp³-hybridized carbons (Fsp3) is 0.727. The molecule has 0 aliphatic carbocycles. The second-order valence-corrected chi connectivity index (χ2v) is 4.18. The molecule has 1 aromatic heterocycles. The van der Waals surface area contributed by atoms with Crippen molar-refractivity contribution in [3.8, 4) is 0 Å². The Labute approximate surface area is 91.3 Å². The van der Waals surface area contributed by atoms with E-state index in [1.54, 1.807) is 0 Å². The zero-order valence-corrected chi connectivity index (χ0v) is 9.61. The van der Waals surface area contributed by atoms with Crippen LogP contribution < -0.4 is 10.2 Å². The van der Waals surface area contributed by atoms with Gasteiger partial charge in [-0.3, -0.25) is 0 Å². The number of imidazole rings is 1. The molecule has 1 atom stereocenters. The van der Waals surface area contributed by atoms with E-state index in [2.05, 4.69) is 33.7 Å². The average molecular weight is 208 g/mol. The van der Waals surface area contributed by atoms with Crippen LogP contribution in [0.3, 0.4) is 0 Å². The summed E-state index contributed by atoms with van der Waals surface area (Å²) in [4.78, 5) is 6.77. The van der Waals surface area contributed by atoms with Crippen molar-refractivity contribution in [1.82, 2.24) is 14.9 Å². The summed E-state index contributed by atoms with van der Waals surface area (Å²) in [7, 11) is 2.05. The summed E-state index contributed by atoms with van der Waals surface area (Å²) < 4.78 is 2.09. The maximum absolute atomic E-state index is 4.40. The molecule has 0 spiro atoms. The SMILES string of the molecule is CCNC1CCCN(c2nccn2C)C1. The van der Waals surface area contributed by atoms with Gasteiger partial charge in [-0.1, -0.05) is 6.92 Å². The van der Waals surface area contributed by atoms with E-state index in [0.717, 1.165) is 25.6 Å². The number of anilines is 1. The molecular formula is C11H20N4. The smallest absolute Gasteiger partial charge is 0.205 e. The summed E-state index contributed by atoms with van der Waals surface area (Å²) in [5.74, 6) is 1.10. The Morgan fingerprint density at radius 2 is 2.47 bits per heavy atom. The van der Waals surface area contributed by atoms with Gasteiger partial charge in [0.25, 0.3) is 0 Å². The third-order valence-corrected chi connectivity index (χ3v) is 2.99. The minimum atomic E-state index is 0.625. The van der Waals surface area contributed by atoms with Crippen LogP contribution in [0.15, 0.2) is 12.4 Å². The van der Waals surface area contributed by atoms with Crippen molar-refractivity contribution in [1.29, 1.82) is 0 Å². The number of aromatic nitrogens is 2. The molecule has 15 heavy (non-hydrogen) atoms. The minimum Gasteiger partial charge on any atom is -0.341 e. The lowest BCUT2D eigenvalue weighted by Gasteiger charge is -2.33. The lowest BCUT2D eigenvalue weighted by Crippen LogP contribution is -2.46. The predicted octanol–water partition coefficient (Wildman–Crippen LogP) is 0.998. The van der Waals surface area contributed by atoms with Crippen LogP contribution in [0.1, 0.15) is 19.8 Å². The van der Waals surface area contributed by atoms with E-state index >= 15 is 0 Å². The standard InChI is InChI=1S/C11H20N4/c1-3-12-10-5-4-7-15(9-10)11-13-6-8-14(11)2/h6,8,10,12H,3-5,7,9H2,1-2H3. The molecule has 0 bridgehead atoms. The van der Waals surface area contributed by atoms with Crippen LogP contribution >= 0.6 is 0 Å². The highest BCUT2D eigenvalue weighted by molar-refractivity contribution is 5.32. The van der Waals surface area contributed by atoms with E-state index in [9.17, 15) is 0 Å². The van der Waals surface area contributed by atoms with E-state index in [1.165, 1.54) is 12.8 Å². The molecule has 4 heteroatoms. The van der Waals surface area contributed by atoms with Crippen LogP contribution in [0.5, 0.6) is 0 Å². The maximum Gasteiger partial charge on any atom is 0.205 e. The van der Waals surface area contributed by atoms with E-state index in [0.29, 0.717) is 6.04 Å². The average Bonchev–Trinajstić information content (AvgIpc) is 2.65. The molecule has 4 nitrogen and oxygen atoms in total. The van der Waals surface area contributed by atoms with Gasteiger partial charge >= 0.3 is 0 Å². The van der Waals surface area contributed by atoms with Crippen molar-refractivity contribution in [2.45, 2.75) is 25.8 Å². The summed E-state index contributed by atoms with van der Waals surface area (Å²) >= 11 is 0. The predicted molar refractivity (Wildman–Crippen MR) is 62.1 cm³/mol. The van der Waals surface area contributed by atoms with Gasteiger partial charge in [-0.2, -0.15) is 0 Å². The number of aryl methyl sites for hydroxylation is 1. The topological polar surface area (TPSA) is 33.1 Å². The number of nitrogens with zero attached hydrogens (tertiary/aromatic N) is 3. The fourth-order valence-electron chi connectivity index (χ4n) is 2.28. The quantitative estimate of drug-likeness (QED) is 0.804. The molecule has 2 rings (SSSR count). The largest absolute Gasteiger partial charge is 0.341 e. The van der Waals surface area contributed by atoms with Crippen molar-refractivity contribution in [2.75, 3.05) is 24.5 Å². The highest BCUT2D eigenvalue weighted by atomic mass is 15.3. The Kier molecular flexibility index (Phi) is 3.26. The molecule has 84 valence electrons. The van der Waals surface area contributed by atoms with E-state index < -0.39 is 0 Å². The summed E-state index contributed by atoms with van der Waals surface area (Å²) in [6, 6.07) is 0.625. The van der Waals surface area contributed by atoms with Crippen LogP contribution in [0, 0.1) is 0 Å². The Morgan fingerprint density at radius 1 is 1.60 bits per heavy atom. The van der Waals surface area contributed by atoms with Crippen molar-refractivity contribution in [3.63, 3.8) is 0 Å². The van der Waals surface area contributed by atoms with E-state index in [4.69, 9.17) is 0 Å². The van der Waals surface area contributed by atoms with E-state index in [-0.39, 0.29) is 0 Å². The van der Waals surface area contributed by atoms with Gasteiger partial charge in [-0.05, 0) is 19.4 Å². The lowest BCUT2D eigenvalue weighted by atomic mass is 10.1. The molecule has 1 aliphatic heterocycles. The lowest BCUT2D eigenvalue weighted by molar-refractivity contribution is 0.426. The second-order valence-electron chi connectivity index (χ2n) is 4.18. The van der Waals surface area contributed by atoms with Crippen LogP contribution in [-0.2, 0) is 7.05 Å². The van der Waals surface area contributed by atoms with Crippen LogP contribution in [-0.4, -0.2) is 35.2 Å². The normalized spacial score (nSPS) is 22.0. The summed E-state index contributed by atoms with van der Waals surface area (Å²) in [6.07, 6.45) is 6.41. The third kappa shape index (κ3) is 2.31. The molecule has 0 radical (unpaired) electrons. The fourth-order valence-corrected chi connectivity index (χ4v) is 2.28. The Balaban J connectivity index is 2.01. The summed E-state index contributed by atoms with van der Waals surface area (Å²) in [5.41, 5.74) is 0. The summed E-state index contributed by atoms with van der Waals surface area (Å²) in [5, 5.41) is 3.52. The van der Waals surface area contributed by atoms with E-state index in [1.807, 2.05) is 12.4 Å². The van der Waals surface area contributed by atoms with Crippen LogP contribution in [0.2, 0.25) is 0 Å².